The Morgan fingerprint density at radius 3 is 2.25 bits per heavy atom. The minimum absolute atomic E-state index is 0.00263. The summed E-state index contributed by atoms with van der Waals surface area (Å²) in [7, 11) is 0. The molecule has 0 unspecified atom stereocenters. The van der Waals surface area contributed by atoms with Crippen molar-refractivity contribution in [3.05, 3.63) is 33.8 Å². The number of carbonyl (C=O) groups excluding carboxylic acids is 3. The van der Waals surface area contributed by atoms with E-state index in [4.69, 9.17) is 23.2 Å². The number of hydrogen-bond acceptors (Lipinski definition) is 3. The summed E-state index contributed by atoms with van der Waals surface area (Å²) in [4.78, 5) is 39.5. The molecular weight excluding hydrogens is 399 g/mol. The van der Waals surface area contributed by atoms with Gasteiger partial charge in [-0.2, -0.15) is 0 Å². The summed E-state index contributed by atoms with van der Waals surface area (Å²) in [6.07, 6.45) is 5.58. The zero-order valence-corrected chi connectivity index (χ0v) is 17.6. The van der Waals surface area contributed by atoms with E-state index in [-0.39, 0.29) is 23.5 Å². The highest BCUT2D eigenvalue weighted by Gasteiger charge is 2.43. The molecule has 1 aliphatic carbocycles. The first kappa shape index (κ1) is 21.1. The van der Waals surface area contributed by atoms with Crippen molar-refractivity contribution in [1.29, 1.82) is 0 Å². The third-order valence-electron chi connectivity index (χ3n) is 5.89. The molecular formula is C21H26Cl2N2O3. The molecule has 2 amide bonds. The van der Waals surface area contributed by atoms with E-state index in [1.54, 1.807) is 18.2 Å². The van der Waals surface area contributed by atoms with Gasteiger partial charge in [-0.15, -0.1) is 0 Å². The molecule has 1 saturated heterocycles. The van der Waals surface area contributed by atoms with Crippen molar-refractivity contribution >= 4 is 40.8 Å². The number of Topliss-reactive ketones (excluding diaryl/α,β-unsaturated/α-hetero) is 1. The van der Waals surface area contributed by atoms with Crippen molar-refractivity contribution in [2.24, 2.45) is 5.92 Å². The predicted octanol–water partition coefficient (Wildman–Crippen LogP) is 4.25. The van der Waals surface area contributed by atoms with Gasteiger partial charge in [0.15, 0.2) is 5.78 Å². The number of rotatable bonds is 4. The highest BCUT2D eigenvalue weighted by molar-refractivity contribution is 6.42. The summed E-state index contributed by atoms with van der Waals surface area (Å²) in [6.45, 7) is 2.52. The quantitative estimate of drug-likeness (QED) is 0.734. The molecule has 28 heavy (non-hydrogen) atoms. The second kappa shape index (κ2) is 8.83. The average Bonchev–Trinajstić information content (AvgIpc) is 2.69. The molecule has 3 rings (SSSR count). The highest BCUT2D eigenvalue weighted by atomic mass is 35.5. The lowest BCUT2D eigenvalue weighted by molar-refractivity contribution is -0.144. The Bertz CT molecular complexity index is 767. The molecule has 0 radical (unpaired) electrons. The van der Waals surface area contributed by atoms with Gasteiger partial charge < -0.3 is 10.2 Å². The molecule has 1 aliphatic heterocycles. The van der Waals surface area contributed by atoms with E-state index in [0.717, 1.165) is 19.3 Å². The Labute approximate surface area is 175 Å². The largest absolute Gasteiger partial charge is 0.342 e. The van der Waals surface area contributed by atoms with Gasteiger partial charge in [-0.05, 0) is 43.9 Å². The number of ketones is 1. The van der Waals surface area contributed by atoms with Crippen molar-refractivity contribution in [3.8, 4) is 0 Å². The van der Waals surface area contributed by atoms with Crippen LogP contribution in [-0.2, 0) is 9.59 Å². The number of benzene rings is 1. The van der Waals surface area contributed by atoms with Crippen molar-refractivity contribution in [2.45, 2.75) is 57.4 Å². The molecule has 0 atom stereocenters. The van der Waals surface area contributed by atoms with Crippen LogP contribution in [0.5, 0.6) is 0 Å². The first-order chi connectivity index (χ1) is 13.3. The van der Waals surface area contributed by atoms with Crippen molar-refractivity contribution in [3.63, 3.8) is 0 Å². The van der Waals surface area contributed by atoms with Gasteiger partial charge in [0.2, 0.25) is 11.8 Å². The molecule has 0 spiro atoms. The number of carbonyl (C=O) groups is 3. The molecule has 152 valence electrons. The van der Waals surface area contributed by atoms with Crippen LogP contribution in [0.2, 0.25) is 10.0 Å². The molecule has 1 heterocycles. The lowest BCUT2D eigenvalue weighted by Gasteiger charge is -2.42. The van der Waals surface area contributed by atoms with Crippen LogP contribution in [0, 0.1) is 5.92 Å². The van der Waals surface area contributed by atoms with E-state index < -0.39 is 5.54 Å². The van der Waals surface area contributed by atoms with Gasteiger partial charge in [0.05, 0.1) is 10.0 Å². The topological polar surface area (TPSA) is 66.5 Å². The van der Waals surface area contributed by atoms with E-state index in [2.05, 4.69) is 5.32 Å². The summed E-state index contributed by atoms with van der Waals surface area (Å²) in [5, 5.41) is 3.73. The van der Waals surface area contributed by atoms with Gasteiger partial charge in [0.1, 0.15) is 5.54 Å². The Kier molecular flexibility index (Phi) is 6.66. The molecule has 1 N–H and O–H groups in total. The van der Waals surface area contributed by atoms with E-state index >= 15 is 0 Å². The maximum Gasteiger partial charge on any atom is 0.248 e. The molecule has 2 aliphatic rings. The molecule has 0 aromatic heterocycles. The smallest absolute Gasteiger partial charge is 0.248 e. The van der Waals surface area contributed by atoms with E-state index in [9.17, 15) is 14.4 Å². The molecule has 1 aromatic carbocycles. The van der Waals surface area contributed by atoms with Crippen LogP contribution in [0.15, 0.2) is 18.2 Å². The van der Waals surface area contributed by atoms with Crippen molar-refractivity contribution < 1.29 is 14.4 Å². The third kappa shape index (κ3) is 4.52. The Morgan fingerprint density at radius 1 is 1.04 bits per heavy atom. The van der Waals surface area contributed by atoms with Crippen LogP contribution < -0.4 is 5.32 Å². The minimum atomic E-state index is -0.773. The van der Waals surface area contributed by atoms with Gasteiger partial charge in [0, 0.05) is 31.5 Å². The van der Waals surface area contributed by atoms with Crippen LogP contribution in [-0.4, -0.2) is 41.1 Å². The molecule has 0 bridgehead atoms. The number of likely N-dealkylation sites (tertiary alicyclic amines) is 1. The third-order valence-corrected chi connectivity index (χ3v) is 6.63. The summed E-state index contributed by atoms with van der Waals surface area (Å²) < 4.78 is 0. The summed E-state index contributed by atoms with van der Waals surface area (Å²) in [6, 6.07) is 4.94. The highest BCUT2D eigenvalue weighted by Crippen LogP contribution is 2.32. The molecule has 5 nitrogen and oxygen atoms in total. The normalized spacial score (nSPS) is 19.9. The standard InChI is InChI=1S/C21H26Cl2N2O3/c1-14(26)24-21(9-3-2-4-10-21)20(28)25-11-7-15(8-12-25)19(27)16-5-6-17(22)18(23)13-16/h5-6,13,15H,2-4,7-12H2,1H3,(H,24,26). The van der Waals surface area contributed by atoms with Gasteiger partial charge in [-0.3, -0.25) is 14.4 Å². The number of amides is 2. The van der Waals surface area contributed by atoms with Crippen molar-refractivity contribution in [1.82, 2.24) is 10.2 Å². The summed E-state index contributed by atoms with van der Waals surface area (Å²) in [5.74, 6) is -0.257. The first-order valence-electron chi connectivity index (χ1n) is 9.90. The Morgan fingerprint density at radius 2 is 1.68 bits per heavy atom. The zero-order valence-electron chi connectivity index (χ0n) is 16.1. The van der Waals surface area contributed by atoms with Gasteiger partial charge in [0.25, 0.3) is 0 Å². The molecule has 2 fully saturated rings. The van der Waals surface area contributed by atoms with Gasteiger partial charge >= 0.3 is 0 Å². The molecule has 7 heteroatoms. The van der Waals surface area contributed by atoms with E-state index in [1.165, 1.54) is 6.92 Å². The van der Waals surface area contributed by atoms with Crippen molar-refractivity contribution in [2.75, 3.05) is 13.1 Å². The second-order valence-corrected chi connectivity index (χ2v) is 8.70. The average molecular weight is 425 g/mol. The minimum Gasteiger partial charge on any atom is -0.342 e. The molecule has 1 saturated carbocycles. The zero-order chi connectivity index (χ0) is 20.3. The fourth-order valence-electron chi connectivity index (χ4n) is 4.42. The van der Waals surface area contributed by atoms with Crippen LogP contribution in [0.1, 0.15) is 62.2 Å². The van der Waals surface area contributed by atoms with Crippen LogP contribution >= 0.6 is 23.2 Å². The van der Waals surface area contributed by atoms with Crippen LogP contribution in [0.25, 0.3) is 0 Å². The maximum absolute atomic E-state index is 13.2. The molecule has 1 aromatic rings. The lowest BCUT2D eigenvalue weighted by Crippen LogP contribution is -2.61. The Balaban J connectivity index is 1.65. The number of halogens is 2. The fraction of sp³-hybridized carbons (Fsp3) is 0.571. The number of nitrogens with zero attached hydrogens (tertiary/aromatic N) is 1. The first-order valence-corrected chi connectivity index (χ1v) is 10.7. The second-order valence-electron chi connectivity index (χ2n) is 7.88. The summed E-state index contributed by atoms with van der Waals surface area (Å²) >= 11 is 12.0. The maximum atomic E-state index is 13.2. The predicted molar refractivity (Wildman–Crippen MR) is 110 cm³/mol. The fourth-order valence-corrected chi connectivity index (χ4v) is 4.72. The number of nitrogens with one attached hydrogen (secondary N) is 1. The monoisotopic (exact) mass is 424 g/mol. The summed E-state index contributed by atoms with van der Waals surface area (Å²) in [5.41, 5.74) is -0.217. The number of hydrogen-bond donors (Lipinski definition) is 1. The van der Waals surface area contributed by atoms with E-state index in [1.807, 2.05) is 4.90 Å². The van der Waals surface area contributed by atoms with Gasteiger partial charge in [-0.25, -0.2) is 0 Å². The van der Waals surface area contributed by atoms with E-state index in [0.29, 0.717) is 54.4 Å². The SMILES string of the molecule is CC(=O)NC1(C(=O)N2CCC(C(=O)c3ccc(Cl)c(Cl)c3)CC2)CCCCC1. The lowest BCUT2D eigenvalue weighted by atomic mass is 9.79. The Hall–Kier alpha value is -1.59. The van der Waals surface area contributed by atoms with Gasteiger partial charge in [-0.1, -0.05) is 42.5 Å². The number of piperidine rings is 1. The van der Waals surface area contributed by atoms with Crippen LogP contribution in [0.3, 0.4) is 0 Å². The van der Waals surface area contributed by atoms with Crippen LogP contribution in [0.4, 0.5) is 0 Å².